The van der Waals surface area contributed by atoms with Crippen LogP contribution in [0.25, 0.3) is 0 Å². The Hall–Kier alpha value is -1.88. The lowest BCUT2D eigenvalue weighted by Crippen LogP contribution is -2.10. The molecule has 0 spiro atoms. The van der Waals surface area contributed by atoms with Crippen LogP contribution in [0, 0.1) is 6.92 Å². The predicted molar refractivity (Wildman–Crippen MR) is 75.6 cm³/mol. The number of hydrogen-bond acceptors (Lipinski definition) is 4. The molecular formula is C14H16N2O2S. The molecular weight excluding hydrogens is 260 g/mol. The van der Waals surface area contributed by atoms with Gasteiger partial charge in [0.25, 0.3) is 0 Å². The van der Waals surface area contributed by atoms with Crippen molar-refractivity contribution < 1.29 is 9.53 Å². The van der Waals surface area contributed by atoms with E-state index in [1.54, 1.807) is 30.4 Å². The molecule has 0 atom stereocenters. The normalized spacial score (nSPS) is 11.6. The van der Waals surface area contributed by atoms with Gasteiger partial charge in [-0.05, 0) is 38.1 Å². The van der Waals surface area contributed by atoms with Crippen LogP contribution < -0.4 is 4.80 Å². The summed E-state index contributed by atoms with van der Waals surface area (Å²) in [5, 5.41) is 2.06. The number of hydrogen-bond donors (Lipinski definition) is 0. The molecule has 0 bridgehead atoms. The van der Waals surface area contributed by atoms with Crippen LogP contribution in [0.3, 0.4) is 0 Å². The Kier molecular flexibility index (Phi) is 4.16. The molecule has 0 aliphatic heterocycles. The lowest BCUT2D eigenvalue weighted by atomic mass is 10.2. The molecule has 0 saturated carbocycles. The van der Waals surface area contributed by atoms with Gasteiger partial charge >= 0.3 is 5.97 Å². The van der Waals surface area contributed by atoms with Gasteiger partial charge < -0.3 is 9.30 Å². The van der Waals surface area contributed by atoms with Gasteiger partial charge in [-0.2, -0.15) is 0 Å². The summed E-state index contributed by atoms with van der Waals surface area (Å²) in [5.74, 6) is -0.299. The van der Waals surface area contributed by atoms with E-state index in [-0.39, 0.29) is 5.97 Å². The summed E-state index contributed by atoms with van der Waals surface area (Å²) in [6.45, 7) is 4.22. The van der Waals surface area contributed by atoms with Crippen LogP contribution in [0.5, 0.6) is 0 Å². The zero-order chi connectivity index (χ0) is 13.8. The molecule has 4 nitrogen and oxygen atoms in total. The van der Waals surface area contributed by atoms with E-state index in [1.807, 2.05) is 30.7 Å². The molecule has 0 amide bonds. The summed E-state index contributed by atoms with van der Waals surface area (Å²) in [6.07, 6.45) is 0. The molecule has 19 heavy (non-hydrogen) atoms. The van der Waals surface area contributed by atoms with Gasteiger partial charge in [-0.3, -0.25) is 0 Å². The quantitative estimate of drug-likeness (QED) is 0.809. The highest BCUT2D eigenvalue weighted by atomic mass is 32.1. The van der Waals surface area contributed by atoms with E-state index in [0.717, 1.165) is 10.5 Å². The maximum Gasteiger partial charge on any atom is 0.338 e. The monoisotopic (exact) mass is 276 g/mol. The van der Waals surface area contributed by atoms with Crippen LogP contribution in [0.15, 0.2) is 34.6 Å². The molecule has 0 saturated heterocycles. The van der Waals surface area contributed by atoms with Gasteiger partial charge in [0.15, 0.2) is 4.80 Å². The van der Waals surface area contributed by atoms with Gasteiger partial charge in [0, 0.05) is 18.1 Å². The van der Waals surface area contributed by atoms with Crippen LogP contribution in [0.4, 0.5) is 5.69 Å². The minimum atomic E-state index is -0.299. The Morgan fingerprint density at radius 1 is 1.37 bits per heavy atom. The molecule has 0 aliphatic rings. The minimum Gasteiger partial charge on any atom is -0.462 e. The number of carbonyl (C=O) groups excluding carboxylic acids is 1. The molecule has 1 heterocycles. The fraction of sp³-hybridized carbons (Fsp3) is 0.286. The molecule has 0 radical (unpaired) electrons. The first kappa shape index (κ1) is 13.5. The third-order valence-corrected chi connectivity index (χ3v) is 3.79. The van der Waals surface area contributed by atoms with E-state index in [4.69, 9.17) is 4.74 Å². The number of ether oxygens (including phenoxy) is 1. The van der Waals surface area contributed by atoms with Crippen molar-refractivity contribution in [1.29, 1.82) is 0 Å². The second kappa shape index (κ2) is 5.84. The third kappa shape index (κ3) is 3.12. The van der Waals surface area contributed by atoms with Crippen molar-refractivity contribution in [2.45, 2.75) is 13.8 Å². The summed E-state index contributed by atoms with van der Waals surface area (Å²) in [4.78, 5) is 17.0. The highest BCUT2D eigenvalue weighted by molar-refractivity contribution is 7.07. The third-order valence-electron chi connectivity index (χ3n) is 2.75. The van der Waals surface area contributed by atoms with Gasteiger partial charge in [0.1, 0.15) is 0 Å². The van der Waals surface area contributed by atoms with E-state index in [0.29, 0.717) is 12.2 Å². The Morgan fingerprint density at radius 3 is 2.58 bits per heavy atom. The van der Waals surface area contributed by atoms with Crippen molar-refractivity contribution in [1.82, 2.24) is 4.57 Å². The van der Waals surface area contributed by atoms with E-state index < -0.39 is 0 Å². The first-order valence-corrected chi connectivity index (χ1v) is 6.93. The van der Waals surface area contributed by atoms with Crippen LogP contribution in [0.2, 0.25) is 0 Å². The maximum absolute atomic E-state index is 11.5. The Balaban J connectivity index is 2.26. The first-order valence-electron chi connectivity index (χ1n) is 6.05. The lowest BCUT2D eigenvalue weighted by Gasteiger charge is -2.01. The molecule has 100 valence electrons. The summed E-state index contributed by atoms with van der Waals surface area (Å²) in [6, 6.07) is 7.11. The van der Waals surface area contributed by atoms with Crippen LogP contribution in [-0.2, 0) is 11.8 Å². The fourth-order valence-electron chi connectivity index (χ4n) is 1.55. The molecule has 1 aromatic heterocycles. The highest BCUT2D eigenvalue weighted by Gasteiger charge is 2.05. The molecule has 1 aromatic carbocycles. The predicted octanol–water partition coefficient (Wildman–Crippen LogP) is 2.80. The van der Waals surface area contributed by atoms with Crippen molar-refractivity contribution in [2.24, 2.45) is 12.0 Å². The van der Waals surface area contributed by atoms with Gasteiger partial charge in [0.05, 0.1) is 17.9 Å². The molecule has 2 rings (SSSR count). The first-order chi connectivity index (χ1) is 9.11. The summed E-state index contributed by atoms with van der Waals surface area (Å²) >= 11 is 1.59. The molecule has 0 N–H and O–H groups in total. The number of rotatable bonds is 3. The molecule has 0 aliphatic carbocycles. The van der Waals surface area contributed by atoms with Crippen LogP contribution in [-0.4, -0.2) is 17.1 Å². The zero-order valence-electron chi connectivity index (χ0n) is 11.2. The standard InChI is InChI=1S/C14H16N2O2S/c1-4-18-13(17)11-5-7-12(8-6-11)15-14-16(3)10(2)9-19-14/h5-9H,4H2,1-3H3. The average molecular weight is 276 g/mol. The zero-order valence-corrected chi connectivity index (χ0v) is 12.0. The molecule has 5 heteroatoms. The average Bonchev–Trinajstić information content (AvgIpc) is 2.72. The van der Waals surface area contributed by atoms with Crippen molar-refractivity contribution in [3.63, 3.8) is 0 Å². The van der Waals surface area contributed by atoms with Gasteiger partial charge in [-0.1, -0.05) is 0 Å². The van der Waals surface area contributed by atoms with E-state index >= 15 is 0 Å². The van der Waals surface area contributed by atoms with Crippen molar-refractivity contribution in [3.05, 3.63) is 45.7 Å². The summed E-state index contributed by atoms with van der Waals surface area (Å²) in [5.41, 5.74) is 2.55. The van der Waals surface area contributed by atoms with Crippen molar-refractivity contribution >= 4 is 23.0 Å². The number of nitrogens with zero attached hydrogens (tertiary/aromatic N) is 2. The lowest BCUT2D eigenvalue weighted by molar-refractivity contribution is 0.0526. The van der Waals surface area contributed by atoms with Crippen LogP contribution in [0.1, 0.15) is 23.0 Å². The van der Waals surface area contributed by atoms with Crippen LogP contribution >= 0.6 is 11.3 Å². The second-order valence-electron chi connectivity index (χ2n) is 4.10. The fourth-order valence-corrected chi connectivity index (χ4v) is 2.44. The number of aromatic nitrogens is 1. The van der Waals surface area contributed by atoms with E-state index in [1.165, 1.54) is 5.69 Å². The summed E-state index contributed by atoms with van der Waals surface area (Å²) in [7, 11) is 1.98. The van der Waals surface area contributed by atoms with Crippen molar-refractivity contribution in [2.75, 3.05) is 6.61 Å². The van der Waals surface area contributed by atoms with Crippen molar-refractivity contribution in [3.8, 4) is 0 Å². The molecule has 0 fully saturated rings. The number of carbonyl (C=O) groups is 1. The number of aryl methyl sites for hydroxylation is 1. The number of benzene rings is 1. The van der Waals surface area contributed by atoms with E-state index in [9.17, 15) is 4.79 Å². The van der Waals surface area contributed by atoms with Gasteiger partial charge in [-0.25, -0.2) is 9.79 Å². The molecule has 0 unspecified atom stereocenters. The van der Waals surface area contributed by atoms with E-state index in [2.05, 4.69) is 10.4 Å². The smallest absolute Gasteiger partial charge is 0.338 e. The van der Waals surface area contributed by atoms with Gasteiger partial charge in [0.2, 0.25) is 0 Å². The largest absolute Gasteiger partial charge is 0.462 e. The topological polar surface area (TPSA) is 43.6 Å². The Bertz CT molecular complexity index is 638. The highest BCUT2D eigenvalue weighted by Crippen LogP contribution is 2.13. The Labute approximate surface area is 116 Å². The maximum atomic E-state index is 11.5. The second-order valence-corrected chi connectivity index (χ2v) is 4.93. The molecule has 2 aromatic rings. The SMILES string of the molecule is CCOC(=O)c1ccc(N=c2scc(C)n2C)cc1. The summed E-state index contributed by atoms with van der Waals surface area (Å²) < 4.78 is 6.97. The number of thiazole rings is 1. The number of esters is 1. The minimum absolute atomic E-state index is 0.299. The Morgan fingerprint density at radius 2 is 2.05 bits per heavy atom. The van der Waals surface area contributed by atoms with Gasteiger partial charge in [-0.15, -0.1) is 11.3 Å².